The van der Waals surface area contributed by atoms with Crippen LogP contribution < -0.4 is 5.32 Å². The van der Waals surface area contributed by atoms with E-state index in [9.17, 15) is 0 Å². The summed E-state index contributed by atoms with van der Waals surface area (Å²) in [7, 11) is 2.12. The maximum atomic E-state index is 5.71. The Kier molecular flexibility index (Phi) is 4.65. The summed E-state index contributed by atoms with van der Waals surface area (Å²) in [6.45, 7) is 4.32. The molecule has 1 aliphatic rings. The van der Waals surface area contributed by atoms with E-state index in [4.69, 9.17) is 9.15 Å². The minimum absolute atomic E-state index is 0.254. The smallest absolute Gasteiger partial charge is 0.226 e. The van der Waals surface area contributed by atoms with Crippen molar-refractivity contribution >= 4 is 0 Å². The Balaban J connectivity index is 1.49. The fourth-order valence-electron chi connectivity index (χ4n) is 2.45. The average molecular weight is 287 g/mol. The molecule has 21 heavy (non-hydrogen) atoms. The van der Waals surface area contributed by atoms with Crippen LogP contribution in [0, 0.1) is 0 Å². The van der Waals surface area contributed by atoms with Gasteiger partial charge in [-0.2, -0.15) is 0 Å². The van der Waals surface area contributed by atoms with E-state index in [1.807, 2.05) is 30.3 Å². The Hall–Kier alpha value is -1.69. The van der Waals surface area contributed by atoms with Gasteiger partial charge in [-0.3, -0.25) is 0 Å². The summed E-state index contributed by atoms with van der Waals surface area (Å²) in [5.74, 6) is 0.668. The maximum absolute atomic E-state index is 5.71. The van der Waals surface area contributed by atoms with Crippen molar-refractivity contribution in [2.24, 2.45) is 0 Å². The van der Waals surface area contributed by atoms with Crippen molar-refractivity contribution in [2.45, 2.75) is 12.6 Å². The summed E-state index contributed by atoms with van der Waals surface area (Å²) < 4.78 is 11.2. The summed E-state index contributed by atoms with van der Waals surface area (Å²) in [6.07, 6.45) is 1.97. The highest BCUT2D eigenvalue weighted by Gasteiger charge is 2.17. The predicted octanol–water partition coefficient (Wildman–Crippen LogP) is 1.76. The second-order valence-electron chi connectivity index (χ2n) is 5.40. The van der Waals surface area contributed by atoms with Crippen LogP contribution in [0.15, 0.2) is 41.0 Å². The van der Waals surface area contributed by atoms with Gasteiger partial charge in [-0.25, -0.2) is 4.98 Å². The van der Waals surface area contributed by atoms with Crippen molar-refractivity contribution < 1.29 is 9.15 Å². The SMILES string of the molecule is CN1CCOC(CNCc2coc(-c3ccccc3)n2)C1. The van der Waals surface area contributed by atoms with Crippen molar-refractivity contribution in [3.63, 3.8) is 0 Å². The Morgan fingerprint density at radius 1 is 1.33 bits per heavy atom. The molecule has 1 unspecified atom stereocenters. The highest BCUT2D eigenvalue weighted by molar-refractivity contribution is 5.52. The third kappa shape index (κ3) is 3.91. The van der Waals surface area contributed by atoms with Crippen molar-refractivity contribution in [1.29, 1.82) is 0 Å². The number of oxazole rings is 1. The minimum atomic E-state index is 0.254. The van der Waals surface area contributed by atoms with Crippen LogP contribution in [-0.2, 0) is 11.3 Å². The molecular formula is C16H21N3O2. The second kappa shape index (κ2) is 6.85. The first-order chi connectivity index (χ1) is 10.3. The number of benzene rings is 1. The molecule has 0 spiro atoms. The van der Waals surface area contributed by atoms with Gasteiger partial charge in [0.05, 0.1) is 18.4 Å². The normalized spacial score (nSPS) is 19.8. The number of morpholine rings is 1. The van der Waals surface area contributed by atoms with Gasteiger partial charge in [0.25, 0.3) is 0 Å². The molecule has 2 heterocycles. The molecule has 1 atom stereocenters. The first-order valence-corrected chi connectivity index (χ1v) is 7.32. The third-order valence-electron chi connectivity index (χ3n) is 3.59. The molecule has 1 aliphatic heterocycles. The molecule has 0 saturated carbocycles. The quantitative estimate of drug-likeness (QED) is 0.908. The Morgan fingerprint density at radius 3 is 3.00 bits per heavy atom. The molecule has 0 aliphatic carbocycles. The molecule has 1 aromatic carbocycles. The molecule has 0 bridgehead atoms. The lowest BCUT2D eigenvalue weighted by Crippen LogP contribution is -2.44. The molecule has 3 rings (SSSR count). The highest BCUT2D eigenvalue weighted by Crippen LogP contribution is 2.17. The van der Waals surface area contributed by atoms with Crippen molar-refractivity contribution in [2.75, 3.05) is 33.3 Å². The fraction of sp³-hybridized carbons (Fsp3) is 0.438. The van der Waals surface area contributed by atoms with Crippen molar-refractivity contribution in [1.82, 2.24) is 15.2 Å². The molecule has 1 saturated heterocycles. The first-order valence-electron chi connectivity index (χ1n) is 7.32. The lowest BCUT2D eigenvalue weighted by atomic mass is 10.2. The van der Waals surface area contributed by atoms with Gasteiger partial charge < -0.3 is 19.4 Å². The average Bonchev–Trinajstić information content (AvgIpc) is 2.97. The molecule has 1 fully saturated rings. The number of aromatic nitrogens is 1. The number of nitrogens with one attached hydrogen (secondary N) is 1. The van der Waals surface area contributed by atoms with E-state index in [1.54, 1.807) is 6.26 Å². The van der Waals surface area contributed by atoms with E-state index in [0.29, 0.717) is 12.4 Å². The molecule has 5 heteroatoms. The summed E-state index contributed by atoms with van der Waals surface area (Å²) in [5.41, 5.74) is 1.92. The van der Waals surface area contributed by atoms with Gasteiger partial charge >= 0.3 is 0 Å². The van der Waals surface area contributed by atoms with Crippen molar-refractivity contribution in [3.8, 4) is 11.5 Å². The fourth-order valence-corrected chi connectivity index (χ4v) is 2.45. The topological polar surface area (TPSA) is 50.5 Å². The molecule has 1 N–H and O–H groups in total. The molecule has 112 valence electrons. The predicted molar refractivity (Wildman–Crippen MR) is 80.9 cm³/mol. The maximum Gasteiger partial charge on any atom is 0.226 e. The zero-order valence-corrected chi connectivity index (χ0v) is 12.3. The van der Waals surface area contributed by atoms with Gasteiger partial charge in [0.1, 0.15) is 6.26 Å². The number of rotatable bonds is 5. The van der Waals surface area contributed by atoms with E-state index < -0.39 is 0 Å². The molecule has 5 nitrogen and oxygen atoms in total. The van der Waals surface area contributed by atoms with Crippen LogP contribution in [0.3, 0.4) is 0 Å². The Labute approximate surface area is 124 Å². The van der Waals surface area contributed by atoms with Crippen LogP contribution in [0.5, 0.6) is 0 Å². The monoisotopic (exact) mass is 287 g/mol. The second-order valence-corrected chi connectivity index (χ2v) is 5.40. The molecule has 2 aromatic rings. The molecular weight excluding hydrogens is 266 g/mol. The molecule has 0 radical (unpaired) electrons. The van der Waals surface area contributed by atoms with Crippen LogP contribution in [0.25, 0.3) is 11.5 Å². The van der Waals surface area contributed by atoms with E-state index in [0.717, 1.165) is 37.5 Å². The lowest BCUT2D eigenvalue weighted by Gasteiger charge is -2.30. The van der Waals surface area contributed by atoms with Crippen LogP contribution in [0.2, 0.25) is 0 Å². The number of ether oxygens (including phenoxy) is 1. The van der Waals surface area contributed by atoms with Gasteiger partial charge in [0.2, 0.25) is 5.89 Å². The number of nitrogens with zero attached hydrogens (tertiary/aromatic N) is 2. The van der Waals surface area contributed by atoms with Crippen LogP contribution >= 0.6 is 0 Å². The Morgan fingerprint density at radius 2 is 2.19 bits per heavy atom. The number of hydrogen-bond donors (Lipinski definition) is 1. The summed E-state index contributed by atoms with van der Waals surface area (Å²) in [6, 6.07) is 9.93. The summed E-state index contributed by atoms with van der Waals surface area (Å²) >= 11 is 0. The number of likely N-dealkylation sites (N-methyl/N-ethyl adjacent to an activating group) is 1. The van der Waals surface area contributed by atoms with Crippen molar-refractivity contribution in [3.05, 3.63) is 42.3 Å². The molecule has 1 aromatic heterocycles. The minimum Gasteiger partial charge on any atom is -0.444 e. The highest BCUT2D eigenvalue weighted by atomic mass is 16.5. The summed E-state index contributed by atoms with van der Waals surface area (Å²) in [4.78, 5) is 6.79. The van der Waals surface area contributed by atoms with Crippen LogP contribution in [0.4, 0.5) is 0 Å². The standard InChI is InChI=1S/C16H21N3O2/c1-19-7-8-20-15(11-19)10-17-9-14-12-21-16(18-14)13-5-3-2-4-6-13/h2-6,12,15,17H,7-11H2,1H3. The summed E-state index contributed by atoms with van der Waals surface area (Å²) in [5, 5.41) is 3.38. The van der Waals surface area contributed by atoms with Crippen LogP contribution in [-0.4, -0.2) is 49.3 Å². The molecule has 0 amide bonds. The van der Waals surface area contributed by atoms with Gasteiger partial charge in [0.15, 0.2) is 0 Å². The number of hydrogen-bond acceptors (Lipinski definition) is 5. The van der Waals surface area contributed by atoms with Crippen LogP contribution in [0.1, 0.15) is 5.69 Å². The van der Waals surface area contributed by atoms with E-state index >= 15 is 0 Å². The first kappa shape index (κ1) is 14.3. The van der Waals surface area contributed by atoms with Gasteiger partial charge in [0, 0.05) is 31.7 Å². The zero-order valence-electron chi connectivity index (χ0n) is 12.3. The lowest BCUT2D eigenvalue weighted by molar-refractivity contribution is -0.0182. The zero-order chi connectivity index (χ0) is 14.5. The van der Waals surface area contributed by atoms with E-state index in [1.165, 1.54) is 0 Å². The van der Waals surface area contributed by atoms with E-state index in [2.05, 4.69) is 22.2 Å². The van der Waals surface area contributed by atoms with Gasteiger partial charge in [-0.15, -0.1) is 0 Å². The third-order valence-corrected chi connectivity index (χ3v) is 3.59. The van der Waals surface area contributed by atoms with Gasteiger partial charge in [-0.05, 0) is 19.2 Å². The van der Waals surface area contributed by atoms with Gasteiger partial charge in [-0.1, -0.05) is 18.2 Å². The van der Waals surface area contributed by atoms with E-state index in [-0.39, 0.29) is 6.10 Å². The Bertz CT molecular complexity index is 556. The largest absolute Gasteiger partial charge is 0.444 e.